The molecule has 0 fully saturated rings. The molecule has 15 heteroatoms. The highest BCUT2D eigenvalue weighted by atomic mass is 19.4. The minimum absolute atomic E-state index is 0.0282. The first-order valence-electron chi connectivity index (χ1n) is 11.0. The number of aromatic nitrogens is 5. The van der Waals surface area contributed by atoms with Gasteiger partial charge in [0.15, 0.2) is 11.6 Å². The zero-order chi connectivity index (χ0) is 27.9. The molecule has 3 heterocycles. The number of hydrogen-bond acceptors (Lipinski definition) is 5. The lowest BCUT2D eigenvalue weighted by atomic mass is 10.0. The third-order valence-corrected chi connectivity index (χ3v) is 5.65. The predicted octanol–water partition coefficient (Wildman–Crippen LogP) is 5.88. The molecule has 2 N–H and O–H groups in total. The van der Waals surface area contributed by atoms with E-state index in [-0.39, 0.29) is 42.1 Å². The Kier molecular flexibility index (Phi) is 6.44. The number of aromatic amines is 1. The van der Waals surface area contributed by atoms with Gasteiger partial charge >= 0.3 is 12.4 Å². The van der Waals surface area contributed by atoms with Crippen LogP contribution in [0.2, 0.25) is 0 Å². The smallest absolute Gasteiger partial charge is 0.354 e. The fourth-order valence-corrected chi connectivity index (χ4v) is 3.79. The number of halogens is 8. The number of fused-ring (bicyclic) bond motifs is 1. The summed E-state index contributed by atoms with van der Waals surface area (Å²) >= 11 is 0. The van der Waals surface area contributed by atoms with Gasteiger partial charge in [-0.2, -0.15) is 26.3 Å². The van der Waals surface area contributed by atoms with Gasteiger partial charge in [0.05, 0.1) is 11.1 Å². The van der Waals surface area contributed by atoms with Crippen LogP contribution in [0, 0.1) is 11.6 Å². The van der Waals surface area contributed by atoms with Crippen LogP contribution in [0.15, 0.2) is 59.4 Å². The van der Waals surface area contributed by atoms with Gasteiger partial charge < -0.3 is 14.8 Å². The molecule has 0 saturated carbocycles. The number of H-pyrrole nitrogens is 1. The number of hydrogen-bond donors (Lipinski definition) is 2. The maximum atomic E-state index is 13.9. The largest absolute Gasteiger partial charge is 0.417 e. The molecular formula is C24H15F8N6O+. The SMILES string of the molecule is Fc1cccc(CNc2nc3cn[n+](Cc4cc(-c5ccc(C(F)(F)F)cc5C(F)(F)F)no4)cc3[nH]2)c1F. The zero-order valence-corrected chi connectivity index (χ0v) is 19.3. The summed E-state index contributed by atoms with van der Waals surface area (Å²) < 4.78 is 113. The molecule has 5 aromatic rings. The number of benzene rings is 2. The lowest BCUT2D eigenvalue weighted by Crippen LogP contribution is -2.37. The Balaban J connectivity index is 1.34. The highest BCUT2D eigenvalue weighted by Crippen LogP contribution is 2.40. The Hall–Kier alpha value is -4.56. The standard InChI is InChI=1S/C24H14F8N6O/c25-17-3-1-2-12(21(17)26)8-33-22-35-19-9-34-38(11-20(19)36-22)10-14-7-18(37-39-14)15-5-4-13(23(27,28)29)6-16(15)24(30,31)32/h1-7,9,11H,8,10H2,(H,33,36)/p+1. The van der Waals surface area contributed by atoms with Crippen LogP contribution in [0.4, 0.5) is 41.1 Å². The molecule has 202 valence electrons. The van der Waals surface area contributed by atoms with Gasteiger partial charge in [0.1, 0.15) is 22.9 Å². The average molecular weight is 555 g/mol. The number of alkyl halides is 6. The summed E-state index contributed by atoms with van der Waals surface area (Å²) in [6, 6.07) is 6.22. The van der Waals surface area contributed by atoms with Crippen LogP contribution in [0.25, 0.3) is 22.3 Å². The van der Waals surface area contributed by atoms with Crippen molar-refractivity contribution in [3.63, 3.8) is 0 Å². The van der Waals surface area contributed by atoms with E-state index in [1.807, 2.05) is 0 Å². The Morgan fingerprint density at radius 2 is 1.77 bits per heavy atom. The Labute approximate surface area is 213 Å². The van der Waals surface area contributed by atoms with Crippen molar-refractivity contribution in [2.45, 2.75) is 25.4 Å². The Morgan fingerprint density at radius 3 is 2.51 bits per heavy atom. The van der Waals surface area contributed by atoms with E-state index in [0.29, 0.717) is 23.2 Å². The third kappa shape index (κ3) is 5.51. The minimum Gasteiger partial charge on any atom is -0.354 e. The number of nitrogens with one attached hydrogen (secondary N) is 2. The van der Waals surface area contributed by atoms with Crippen LogP contribution < -0.4 is 10.00 Å². The van der Waals surface area contributed by atoms with Crippen molar-refractivity contribution >= 4 is 17.0 Å². The fourth-order valence-electron chi connectivity index (χ4n) is 3.79. The summed E-state index contributed by atoms with van der Waals surface area (Å²) in [6.07, 6.45) is -7.12. The van der Waals surface area contributed by atoms with Gasteiger partial charge in [0.2, 0.25) is 24.5 Å². The maximum absolute atomic E-state index is 13.9. The molecule has 0 spiro atoms. The molecular weight excluding hydrogens is 540 g/mol. The topological polar surface area (TPSA) is 83.5 Å². The van der Waals surface area contributed by atoms with Crippen LogP contribution in [-0.2, 0) is 25.4 Å². The number of nitrogens with zero attached hydrogens (tertiary/aromatic N) is 4. The molecule has 0 aliphatic rings. The number of imidazole rings is 1. The zero-order valence-electron chi connectivity index (χ0n) is 19.3. The van der Waals surface area contributed by atoms with Crippen molar-refractivity contribution in [1.82, 2.24) is 20.2 Å². The molecule has 5 rings (SSSR count). The average Bonchev–Trinajstić information content (AvgIpc) is 3.50. The number of anilines is 1. The van der Waals surface area contributed by atoms with E-state index < -0.39 is 40.7 Å². The summed E-state index contributed by atoms with van der Waals surface area (Å²) in [5.41, 5.74) is -2.82. The van der Waals surface area contributed by atoms with Crippen molar-refractivity contribution in [3.05, 3.63) is 88.9 Å². The van der Waals surface area contributed by atoms with E-state index in [4.69, 9.17) is 4.52 Å². The molecule has 0 saturated heterocycles. The lowest BCUT2D eigenvalue weighted by molar-refractivity contribution is -0.746. The second-order valence-corrected chi connectivity index (χ2v) is 8.36. The molecule has 0 aliphatic carbocycles. The van der Waals surface area contributed by atoms with E-state index in [1.165, 1.54) is 35.3 Å². The molecule has 0 atom stereocenters. The predicted molar refractivity (Wildman–Crippen MR) is 119 cm³/mol. The third-order valence-electron chi connectivity index (χ3n) is 5.65. The van der Waals surface area contributed by atoms with Gasteiger partial charge in [0.25, 0.3) is 0 Å². The summed E-state index contributed by atoms with van der Waals surface area (Å²) in [6.45, 7) is -0.136. The van der Waals surface area contributed by atoms with Gasteiger partial charge in [0, 0.05) is 23.7 Å². The van der Waals surface area contributed by atoms with Gasteiger partial charge in [-0.05, 0) is 23.3 Å². The van der Waals surface area contributed by atoms with E-state index in [0.717, 1.165) is 6.07 Å². The molecule has 3 aromatic heterocycles. The van der Waals surface area contributed by atoms with E-state index in [1.54, 1.807) is 0 Å². The van der Waals surface area contributed by atoms with Gasteiger partial charge in [-0.1, -0.05) is 28.0 Å². The van der Waals surface area contributed by atoms with Crippen molar-refractivity contribution in [1.29, 1.82) is 0 Å². The molecule has 0 aliphatic heterocycles. The fraction of sp³-hybridized carbons (Fsp3) is 0.167. The van der Waals surface area contributed by atoms with E-state index >= 15 is 0 Å². The van der Waals surface area contributed by atoms with Gasteiger partial charge in [-0.15, -0.1) is 0 Å². The van der Waals surface area contributed by atoms with Crippen LogP contribution in [0.1, 0.15) is 22.5 Å². The highest BCUT2D eigenvalue weighted by molar-refractivity contribution is 5.74. The first kappa shape index (κ1) is 26.1. The summed E-state index contributed by atoms with van der Waals surface area (Å²) in [5, 5.41) is 10.6. The maximum Gasteiger partial charge on any atom is 0.417 e. The Bertz CT molecular complexity index is 1660. The van der Waals surface area contributed by atoms with Crippen molar-refractivity contribution in [3.8, 4) is 11.3 Å². The first-order chi connectivity index (χ1) is 18.4. The molecule has 7 nitrogen and oxygen atoms in total. The molecule has 39 heavy (non-hydrogen) atoms. The van der Waals surface area contributed by atoms with E-state index in [9.17, 15) is 35.1 Å². The second kappa shape index (κ2) is 9.63. The normalized spacial score (nSPS) is 12.3. The first-order valence-corrected chi connectivity index (χ1v) is 11.0. The molecule has 0 radical (unpaired) electrons. The summed E-state index contributed by atoms with van der Waals surface area (Å²) in [7, 11) is 0. The summed E-state index contributed by atoms with van der Waals surface area (Å²) in [4.78, 5) is 7.18. The quantitative estimate of drug-likeness (QED) is 0.202. The minimum atomic E-state index is -5.07. The van der Waals surface area contributed by atoms with Crippen molar-refractivity contribution in [2.75, 3.05) is 5.32 Å². The molecule has 2 aromatic carbocycles. The summed E-state index contributed by atoms with van der Waals surface area (Å²) in [5.74, 6) is -1.63. The molecule has 0 amide bonds. The van der Waals surface area contributed by atoms with E-state index in [2.05, 4.69) is 25.5 Å². The van der Waals surface area contributed by atoms with Crippen LogP contribution in [-0.4, -0.2) is 20.2 Å². The van der Waals surface area contributed by atoms with Gasteiger partial charge in [-0.3, -0.25) is 0 Å². The van der Waals surface area contributed by atoms with Gasteiger partial charge in [-0.25, -0.2) is 13.8 Å². The number of rotatable bonds is 6. The van der Waals surface area contributed by atoms with Crippen LogP contribution in [0.3, 0.4) is 0 Å². The Morgan fingerprint density at radius 1 is 0.974 bits per heavy atom. The lowest BCUT2D eigenvalue weighted by Gasteiger charge is -2.14. The van der Waals surface area contributed by atoms with Crippen LogP contribution in [0.5, 0.6) is 0 Å². The monoisotopic (exact) mass is 555 g/mol. The van der Waals surface area contributed by atoms with Crippen LogP contribution >= 0.6 is 0 Å². The molecule has 0 bridgehead atoms. The van der Waals surface area contributed by atoms with Crippen molar-refractivity contribution < 1.29 is 44.3 Å². The highest BCUT2D eigenvalue weighted by Gasteiger charge is 2.39. The van der Waals surface area contributed by atoms with Crippen molar-refractivity contribution in [2.24, 2.45) is 0 Å². The second-order valence-electron chi connectivity index (χ2n) is 8.36. The molecule has 0 unspecified atom stereocenters.